The standard InChI is InChI=1S/C19H23NO/c1-17(2)16-20-19(21)15-11-6-4-3-5-8-12-18-13-9-7-10-14-18/h4,6-7,9-11,13-15,17H,3,5,16H2,1-2H3,(H,20,21)/b6-4+,15-11+. The molecule has 110 valence electrons. The van der Waals surface area contributed by atoms with E-state index >= 15 is 0 Å². The van der Waals surface area contributed by atoms with E-state index in [0.717, 1.165) is 18.4 Å². The van der Waals surface area contributed by atoms with Gasteiger partial charge in [0.15, 0.2) is 0 Å². The van der Waals surface area contributed by atoms with Crippen LogP contribution in [0.2, 0.25) is 0 Å². The number of hydrogen-bond donors (Lipinski definition) is 1. The molecule has 0 aromatic heterocycles. The van der Waals surface area contributed by atoms with Gasteiger partial charge in [-0.1, -0.05) is 62.1 Å². The summed E-state index contributed by atoms with van der Waals surface area (Å²) in [5.41, 5.74) is 1.04. The lowest BCUT2D eigenvalue weighted by Crippen LogP contribution is -2.25. The summed E-state index contributed by atoms with van der Waals surface area (Å²) in [6, 6.07) is 9.96. The van der Waals surface area contributed by atoms with Crippen molar-refractivity contribution in [2.45, 2.75) is 26.7 Å². The second-order valence-electron chi connectivity index (χ2n) is 5.13. The molecular weight excluding hydrogens is 258 g/mol. The highest BCUT2D eigenvalue weighted by Crippen LogP contribution is 1.96. The fourth-order valence-electron chi connectivity index (χ4n) is 1.52. The van der Waals surface area contributed by atoms with Gasteiger partial charge in [0.1, 0.15) is 0 Å². The summed E-state index contributed by atoms with van der Waals surface area (Å²) in [7, 11) is 0. The Balaban J connectivity index is 2.18. The van der Waals surface area contributed by atoms with E-state index < -0.39 is 0 Å². The first kappa shape index (κ1) is 16.8. The van der Waals surface area contributed by atoms with E-state index in [1.165, 1.54) is 0 Å². The monoisotopic (exact) mass is 281 g/mol. The van der Waals surface area contributed by atoms with Crippen LogP contribution in [0.3, 0.4) is 0 Å². The van der Waals surface area contributed by atoms with E-state index in [-0.39, 0.29) is 5.91 Å². The quantitative estimate of drug-likeness (QED) is 0.366. The topological polar surface area (TPSA) is 29.1 Å². The molecule has 1 amide bonds. The number of carbonyl (C=O) groups excluding carboxylic acids is 1. The lowest BCUT2D eigenvalue weighted by molar-refractivity contribution is -0.116. The third-order valence-corrected chi connectivity index (χ3v) is 2.62. The molecule has 0 saturated heterocycles. The minimum atomic E-state index is -0.0442. The minimum Gasteiger partial charge on any atom is -0.352 e. The van der Waals surface area contributed by atoms with E-state index in [1.54, 1.807) is 12.2 Å². The van der Waals surface area contributed by atoms with E-state index in [0.29, 0.717) is 12.5 Å². The van der Waals surface area contributed by atoms with E-state index in [2.05, 4.69) is 31.0 Å². The van der Waals surface area contributed by atoms with Gasteiger partial charge in [-0.3, -0.25) is 4.79 Å². The maximum atomic E-state index is 11.4. The predicted octanol–water partition coefficient (Wildman–Crippen LogP) is 3.70. The molecule has 0 radical (unpaired) electrons. The van der Waals surface area contributed by atoms with Crippen molar-refractivity contribution in [3.8, 4) is 11.8 Å². The zero-order chi connectivity index (χ0) is 15.3. The molecular formula is C19H23NO. The van der Waals surface area contributed by atoms with Crippen molar-refractivity contribution in [2.24, 2.45) is 5.92 Å². The lowest BCUT2D eigenvalue weighted by atomic mass is 10.2. The summed E-state index contributed by atoms with van der Waals surface area (Å²) in [4.78, 5) is 11.4. The van der Waals surface area contributed by atoms with Crippen LogP contribution in [0.4, 0.5) is 0 Å². The number of amides is 1. The maximum absolute atomic E-state index is 11.4. The summed E-state index contributed by atoms with van der Waals surface area (Å²) in [6.45, 7) is 4.85. The molecule has 0 atom stereocenters. The second-order valence-corrected chi connectivity index (χ2v) is 5.13. The summed E-state index contributed by atoms with van der Waals surface area (Å²) in [6.07, 6.45) is 8.93. The molecule has 1 N–H and O–H groups in total. The molecule has 0 spiro atoms. The number of unbranched alkanes of at least 4 members (excludes halogenated alkanes) is 1. The van der Waals surface area contributed by atoms with Crippen molar-refractivity contribution in [1.82, 2.24) is 5.32 Å². The minimum absolute atomic E-state index is 0.0442. The molecule has 21 heavy (non-hydrogen) atoms. The first-order valence-corrected chi connectivity index (χ1v) is 7.33. The number of carbonyl (C=O) groups is 1. The van der Waals surface area contributed by atoms with Gasteiger partial charge in [0.05, 0.1) is 0 Å². The van der Waals surface area contributed by atoms with Crippen molar-refractivity contribution in [3.05, 3.63) is 60.2 Å². The highest BCUT2D eigenvalue weighted by atomic mass is 16.1. The van der Waals surface area contributed by atoms with Crippen molar-refractivity contribution in [3.63, 3.8) is 0 Å². The van der Waals surface area contributed by atoms with Gasteiger partial charge in [-0.05, 0) is 24.5 Å². The van der Waals surface area contributed by atoms with Gasteiger partial charge in [0.25, 0.3) is 0 Å². The normalized spacial score (nSPS) is 10.8. The molecule has 0 bridgehead atoms. The molecule has 0 saturated carbocycles. The molecule has 0 aliphatic rings. The van der Waals surface area contributed by atoms with Crippen molar-refractivity contribution >= 4 is 5.91 Å². The van der Waals surface area contributed by atoms with Gasteiger partial charge < -0.3 is 5.32 Å². The third kappa shape index (κ3) is 9.29. The largest absolute Gasteiger partial charge is 0.352 e. The van der Waals surface area contributed by atoms with Gasteiger partial charge >= 0.3 is 0 Å². The highest BCUT2D eigenvalue weighted by molar-refractivity contribution is 5.87. The molecule has 0 heterocycles. The Morgan fingerprint density at radius 2 is 2.00 bits per heavy atom. The van der Waals surface area contributed by atoms with E-state index in [1.807, 2.05) is 42.5 Å². The van der Waals surface area contributed by atoms with Crippen LogP contribution in [0.5, 0.6) is 0 Å². The second kappa shape index (κ2) is 10.5. The van der Waals surface area contributed by atoms with Crippen molar-refractivity contribution in [2.75, 3.05) is 6.54 Å². The smallest absolute Gasteiger partial charge is 0.243 e. The summed E-state index contributed by atoms with van der Waals surface area (Å²) >= 11 is 0. The Morgan fingerprint density at radius 1 is 1.24 bits per heavy atom. The zero-order valence-corrected chi connectivity index (χ0v) is 12.8. The molecule has 0 aliphatic carbocycles. The highest BCUT2D eigenvalue weighted by Gasteiger charge is 1.95. The lowest BCUT2D eigenvalue weighted by Gasteiger charge is -2.03. The first-order valence-electron chi connectivity index (χ1n) is 7.33. The number of nitrogens with one attached hydrogen (secondary N) is 1. The van der Waals surface area contributed by atoms with Crippen molar-refractivity contribution in [1.29, 1.82) is 0 Å². The van der Waals surface area contributed by atoms with Crippen molar-refractivity contribution < 1.29 is 4.79 Å². The van der Waals surface area contributed by atoms with Gasteiger partial charge in [0.2, 0.25) is 5.91 Å². The molecule has 1 aromatic rings. The molecule has 2 heteroatoms. The van der Waals surface area contributed by atoms with Crippen LogP contribution >= 0.6 is 0 Å². The number of hydrogen-bond acceptors (Lipinski definition) is 1. The Bertz CT molecular complexity index is 530. The SMILES string of the molecule is CC(C)CNC(=O)/C=C/C=C/CCC#Cc1ccccc1. The first-order chi connectivity index (χ1) is 10.2. The Hall–Kier alpha value is -2.27. The van der Waals surface area contributed by atoms with E-state index in [4.69, 9.17) is 0 Å². The fourth-order valence-corrected chi connectivity index (χ4v) is 1.52. The average molecular weight is 281 g/mol. The average Bonchev–Trinajstić information content (AvgIpc) is 2.49. The van der Waals surface area contributed by atoms with Gasteiger partial charge in [-0.2, -0.15) is 0 Å². The molecule has 0 unspecified atom stereocenters. The van der Waals surface area contributed by atoms with Gasteiger partial charge in [-0.25, -0.2) is 0 Å². The third-order valence-electron chi connectivity index (χ3n) is 2.62. The molecule has 1 rings (SSSR count). The maximum Gasteiger partial charge on any atom is 0.243 e. The van der Waals surface area contributed by atoms with Crippen LogP contribution in [0.1, 0.15) is 32.3 Å². The summed E-state index contributed by atoms with van der Waals surface area (Å²) in [5.74, 6) is 6.67. The number of rotatable bonds is 6. The van der Waals surface area contributed by atoms with Gasteiger partial charge in [-0.15, -0.1) is 0 Å². The summed E-state index contributed by atoms with van der Waals surface area (Å²) in [5, 5.41) is 2.83. The van der Waals surface area contributed by atoms with Crippen LogP contribution < -0.4 is 5.32 Å². The summed E-state index contributed by atoms with van der Waals surface area (Å²) < 4.78 is 0. The molecule has 0 aliphatic heterocycles. The van der Waals surface area contributed by atoms with Crippen LogP contribution in [0.15, 0.2) is 54.6 Å². The zero-order valence-electron chi connectivity index (χ0n) is 12.8. The van der Waals surface area contributed by atoms with Crippen LogP contribution in [0.25, 0.3) is 0 Å². The molecule has 2 nitrogen and oxygen atoms in total. The van der Waals surface area contributed by atoms with Gasteiger partial charge in [0, 0.05) is 24.6 Å². The van der Waals surface area contributed by atoms with Crippen LogP contribution in [0, 0.1) is 17.8 Å². The van der Waals surface area contributed by atoms with E-state index in [9.17, 15) is 4.79 Å². The van der Waals surface area contributed by atoms with Crippen LogP contribution in [-0.2, 0) is 4.79 Å². The molecule has 1 aromatic carbocycles. The predicted molar refractivity (Wildman–Crippen MR) is 88.7 cm³/mol. The molecule has 0 fully saturated rings. The Morgan fingerprint density at radius 3 is 2.71 bits per heavy atom. The Labute approximate surface area is 128 Å². The Kier molecular flexibility index (Phi) is 8.40. The fraction of sp³-hybridized carbons (Fsp3) is 0.316. The number of benzene rings is 1. The number of allylic oxidation sites excluding steroid dienone is 3. The van der Waals surface area contributed by atoms with Crippen LogP contribution in [-0.4, -0.2) is 12.5 Å².